The van der Waals surface area contributed by atoms with Crippen molar-refractivity contribution in [3.05, 3.63) is 58.2 Å². The van der Waals surface area contributed by atoms with Gasteiger partial charge in [-0.1, -0.05) is 6.07 Å². The molecule has 1 aliphatic carbocycles. The molecular weight excluding hydrogens is 444 g/mol. The van der Waals surface area contributed by atoms with E-state index in [9.17, 15) is 27.5 Å². The number of pyridine rings is 1. The number of anilines is 1. The van der Waals surface area contributed by atoms with Crippen molar-refractivity contribution < 1.29 is 22.7 Å². The van der Waals surface area contributed by atoms with Gasteiger partial charge < -0.3 is 10.4 Å². The van der Waals surface area contributed by atoms with Crippen LogP contribution in [-0.4, -0.2) is 25.8 Å². The van der Waals surface area contributed by atoms with Crippen molar-refractivity contribution in [2.75, 3.05) is 11.9 Å². The van der Waals surface area contributed by atoms with Crippen molar-refractivity contribution >= 4 is 11.4 Å². The van der Waals surface area contributed by atoms with Gasteiger partial charge in [0, 0.05) is 24.7 Å². The lowest BCUT2D eigenvalue weighted by Crippen LogP contribution is -2.22. The Morgan fingerprint density at radius 2 is 1.94 bits per heavy atom. The zero-order valence-electron chi connectivity index (χ0n) is 17.4. The van der Waals surface area contributed by atoms with E-state index in [4.69, 9.17) is 5.53 Å². The Morgan fingerprint density at radius 3 is 2.48 bits per heavy atom. The summed E-state index contributed by atoms with van der Waals surface area (Å²) in [5, 5.41) is 15.6. The lowest BCUT2D eigenvalue weighted by atomic mass is 9.97. The number of halogens is 4. The summed E-state index contributed by atoms with van der Waals surface area (Å²) < 4.78 is 58.9. The molecule has 0 unspecified atom stereocenters. The van der Waals surface area contributed by atoms with Crippen LogP contribution >= 0.6 is 0 Å². The van der Waals surface area contributed by atoms with E-state index >= 15 is 0 Å². The van der Waals surface area contributed by atoms with Crippen LogP contribution in [0.1, 0.15) is 24.1 Å². The highest BCUT2D eigenvalue weighted by atomic mass is 19.4. The Kier molecular flexibility index (Phi) is 5.68. The Hall–Kier alpha value is -3.70. The monoisotopic (exact) mass is 464 g/mol. The number of aromatic hydroxyl groups is 1. The van der Waals surface area contributed by atoms with Crippen molar-refractivity contribution in [2.24, 2.45) is 18.1 Å². The fourth-order valence-electron chi connectivity index (χ4n) is 3.56. The van der Waals surface area contributed by atoms with Crippen molar-refractivity contribution in [3.8, 4) is 17.0 Å². The van der Waals surface area contributed by atoms with E-state index in [0.717, 1.165) is 40.3 Å². The fourth-order valence-corrected chi connectivity index (χ4v) is 3.56. The van der Waals surface area contributed by atoms with Gasteiger partial charge in [0.15, 0.2) is 0 Å². The van der Waals surface area contributed by atoms with Crippen LogP contribution in [0.15, 0.2) is 40.4 Å². The van der Waals surface area contributed by atoms with E-state index in [1.807, 2.05) is 0 Å². The number of alkyl halides is 3. The van der Waals surface area contributed by atoms with Crippen LogP contribution in [0, 0.1) is 17.4 Å². The molecular formula is C21H20F4N6O2. The second-order valence-corrected chi connectivity index (χ2v) is 7.92. The average molecular weight is 464 g/mol. The maximum absolute atomic E-state index is 14.9. The summed E-state index contributed by atoms with van der Waals surface area (Å²) in [5.41, 5.74) is 4.17. The van der Waals surface area contributed by atoms with Crippen molar-refractivity contribution in [1.82, 2.24) is 14.1 Å². The summed E-state index contributed by atoms with van der Waals surface area (Å²) in [6, 6.07) is 4.92. The molecule has 3 N–H and O–H groups in total. The van der Waals surface area contributed by atoms with Gasteiger partial charge in [0.2, 0.25) is 11.8 Å². The third-order valence-corrected chi connectivity index (χ3v) is 5.53. The topological polar surface area (TPSA) is 108 Å². The van der Waals surface area contributed by atoms with Crippen LogP contribution in [0.3, 0.4) is 0 Å². The molecule has 0 saturated heterocycles. The minimum absolute atomic E-state index is 0.0567. The average Bonchev–Trinajstić information content (AvgIpc) is 3.55. The molecule has 33 heavy (non-hydrogen) atoms. The smallest absolute Gasteiger partial charge is 0.419 e. The summed E-state index contributed by atoms with van der Waals surface area (Å²) in [6.07, 6.45) is -1.77. The van der Waals surface area contributed by atoms with Crippen LogP contribution in [0.2, 0.25) is 0 Å². The largest absolute Gasteiger partial charge is 0.493 e. The van der Waals surface area contributed by atoms with Gasteiger partial charge in [-0.25, -0.2) is 15.3 Å². The van der Waals surface area contributed by atoms with Gasteiger partial charge in [-0.2, -0.15) is 22.7 Å². The quantitative estimate of drug-likeness (QED) is 0.269. The summed E-state index contributed by atoms with van der Waals surface area (Å²) >= 11 is 0. The van der Waals surface area contributed by atoms with E-state index < -0.39 is 40.2 Å². The van der Waals surface area contributed by atoms with Gasteiger partial charge in [0.05, 0.1) is 29.7 Å². The molecule has 0 atom stereocenters. The minimum atomic E-state index is -4.90. The third-order valence-electron chi connectivity index (χ3n) is 5.53. The van der Waals surface area contributed by atoms with Crippen LogP contribution in [0.4, 0.5) is 28.9 Å². The SMILES string of the molecule is Cn1c(O)cn(Cc2ccc(-c3ccc(NCC4CC4)c(N=N)c3C(F)(F)F)c(F)n2)c1=O. The second-order valence-electron chi connectivity index (χ2n) is 7.92. The molecule has 3 aromatic rings. The summed E-state index contributed by atoms with van der Waals surface area (Å²) in [4.78, 5) is 15.7. The molecule has 0 bridgehead atoms. The fraction of sp³-hybridized carbons (Fsp3) is 0.333. The van der Waals surface area contributed by atoms with E-state index in [2.05, 4.69) is 15.4 Å². The van der Waals surface area contributed by atoms with E-state index in [1.54, 1.807) is 0 Å². The maximum atomic E-state index is 14.9. The van der Waals surface area contributed by atoms with Crippen LogP contribution < -0.4 is 11.0 Å². The van der Waals surface area contributed by atoms with E-state index in [1.165, 1.54) is 19.2 Å². The minimum Gasteiger partial charge on any atom is -0.493 e. The van der Waals surface area contributed by atoms with Gasteiger partial charge in [0.25, 0.3) is 0 Å². The first-order valence-electron chi connectivity index (χ1n) is 10.1. The number of benzene rings is 1. The highest BCUT2D eigenvalue weighted by Gasteiger charge is 2.39. The molecule has 0 spiro atoms. The molecule has 8 nitrogen and oxygen atoms in total. The lowest BCUT2D eigenvalue weighted by molar-refractivity contribution is -0.136. The molecule has 1 aliphatic rings. The van der Waals surface area contributed by atoms with Crippen molar-refractivity contribution in [2.45, 2.75) is 25.6 Å². The lowest BCUT2D eigenvalue weighted by Gasteiger charge is -2.19. The zero-order chi connectivity index (χ0) is 23.9. The Labute approximate surface area is 185 Å². The Morgan fingerprint density at radius 1 is 1.24 bits per heavy atom. The number of hydrogen-bond donors (Lipinski definition) is 3. The molecule has 2 aromatic heterocycles. The predicted molar refractivity (Wildman–Crippen MR) is 111 cm³/mol. The number of nitrogens with zero attached hydrogens (tertiary/aromatic N) is 4. The molecule has 0 amide bonds. The molecule has 12 heteroatoms. The second kappa shape index (κ2) is 8.34. The highest BCUT2D eigenvalue weighted by molar-refractivity contribution is 5.81. The summed E-state index contributed by atoms with van der Waals surface area (Å²) in [7, 11) is 1.35. The van der Waals surface area contributed by atoms with Crippen LogP contribution in [0.5, 0.6) is 5.88 Å². The number of nitrogens with one attached hydrogen (secondary N) is 2. The molecule has 1 fully saturated rings. The number of aromatic nitrogens is 3. The van der Waals surface area contributed by atoms with Gasteiger partial charge >= 0.3 is 11.9 Å². The highest BCUT2D eigenvalue weighted by Crippen LogP contribution is 2.47. The predicted octanol–water partition coefficient (Wildman–Crippen LogP) is 4.64. The third kappa shape index (κ3) is 4.45. The number of hydrogen-bond acceptors (Lipinski definition) is 6. The standard InChI is InChI=1S/C21H20F4N6O2/c1-30-16(32)10-31(20(30)33)9-12-4-5-14(19(22)28-12)13-6-7-15(27-8-11-2-3-11)18(29-26)17(13)21(23,24)25/h4-7,10-11,26-27,32H,2-3,8-9H2,1H3. The molecule has 1 saturated carbocycles. The number of rotatable bonds is 7. The summed E-state index contributed by atoms with van der Waals surface area (Å²) in [5.74, 6) is -1.08. The molecule has 4 rings (SSSR count). The van der Waals surface area contributed by atoms with Gasteiger partial charge in [0.1, 0.15) is 5.69 Å². The first-order chi connectivity index (χ1) is 15.6. The zero-order valence-corrected chi connectivity index (χ0v) is 17.4. The first-order valence-corrected chi connectivity index (χ1v) is 10.1. The first kappa shape index (κ1) is 22.5. The summed E-state index contributed by atoms with van der Waals surface area (Å²) in [6.45, 7) is 0.284. The van der Waals surface area contributed by atoms with Crippen LogP contribution in [-0.2, 0) is 19.8 Å². The maximum Gasteiger partial charge on any atom is 0.419 e. The van der Waals surface area contributed by atoms with Crippen molar-refractivity contribution in [3.63, 3.8) is 0 Å². The molecule has 1 aromatic carbocycles. The molecule has 0 aliphatic heterocycles. The van der Waals surface area contributed by atoms with Crippen molar-refractivity contribution in [1.29, 1.82) is 5.53 Å². The number of imidazole rings is 1. The van der Waals surface area contributed by atoms with Crippen LogP contribution in [0.25, 0.3) is 11.1 Å². The Bertz CT molecular complexity index is 1280. The van der Waals surface area contributed by atoms with E-state index in [0.29, 0.717) is 12.5 Å². The van der Waals surface area contributed by atoms with E-state index in [-0.39, 0.29) is 23.8 Å². The molecule has 2 heterocycles. The normalized spacial score (nSPS) is 13.8. The van der Waals surface area contributed by atoms with Gasteiger partial charge in [-0.05, 0) is 37.0 Å². The van der Waals surface area contributed by atoms with Gasteiger partial charge in [-0.15, -0.1) is 0 Å². The molecule has 0 radical (unpaired) electrons. The molecule has 174 valence electrons. The van der Waals surface area contributed by atoms with Gasteiger partial charge in [-0.3, -0.25) is 9.13 Å². The Balaban J connectivity index is 1.73.